The van der Waals surface area contributed by atoms with Crippen LogP contribution in [0.15, 0.2) is 30.3 Å². The SMILES string of the molecule is C[C@@H]1[C@]2(O)C[C@H](c3ccccc3)C(C#N)(C#N)[C@]1(C#N)C(=O)N2. The molecular formula is C17H14N4O2. The number of rotatable bonds is 1. The Hall–Kier alpha value is -2.88. The summed E-state index contributed by atoms with van der Waals surface area (Å²) in [5.74, 6) is -2.37. The van der Waals surface area contributed by atoms with Crippen molar-refractivity contribution in [1.29, 1.82) is 15.8 Å². The molecule has 1 aromatic rings. The Morgan fingerprint density at radius 2 is 1.78 bits per heavy atom. The summed E-state index contributed by atoms with van der Waals surface area (Å²) in [6.45, 7) is 1.53. The molecule has 2 bridgehead atoms. The van der Waals surface area contributed by atoms with Crippen molar-refractivity contribution in [2.75, 3.05) is 0 Å². The minimum absolute atomic E-state index is 0.00840. The van der Waals surface area contributed by atoms with Gasteiger partial charge in [0.2, 0.25) is 5.91 Å². The van der Waals surface area contributed by atoms with Gasteiger partial charge in [-0.05, 0) is 5.56 Å². The average Bonchev–Trinajstić information content (AvgIpc) is 2.71. The number of fused-ring (bicyclic) bond motifs is 2. The van der Waals surface area contributed by atoms with E-state index >= 15 is 0 Å². The molecule has 1 amide bonds. The quantitative estimate of drug-likeness (QED) is 0.806. The molecule has 4 atom stereocenters. The molecule has 23 heavy (non-hydrogen) atoms. The molecule has 1 aliphatic carbocycles. The summed E-state index contributed by atoms with van der Waals surface area (Å²) in [4.78, 5) is 12.5. The molecule has 1 saturated carbocycles. The number of hydrogen-bond acceptors (Lipinski definition) is 5. The number of nitrogens with zero attached hydrogens (tertiary/aromatic N) is 3. The van der Waals surface area contributed by atoms with Gasteiger partial charge in [0.25, 0.3) is 0 Å². The number of nitrogens with one attached hydrogen (secondary N) is 1. The van der Waals surface area contributed by atoms with Crippen molar-refractivity contribution in [3.63, 3.8) is 0 Å². The van der Waals surface area contributed by atoms with Gasteiger partial charge in [-0.15, -0.1) is 0 Å². The topological polar surface area (TPSA) is 121 Å². The Kier molecular flexibility index (Phi) is 2.98. The van der Waals surface area contributed by atoms with Gasteiger partial charge < -0.3 is 10.4 Å². The van der Waals surface area contributed by atoms with Crippen molar-refractivity contribution in [3.8, 4) is 18.2 Å². The standard InChI is InChI=1S/C17H14N4O2/c1-11-16(10-20)14(22)21-17(11,23)7-13(15(16,8-18)9-19)12-5-3-2-4-6-12/h2-6,11,13,23H,7H2,1H3,(H,21,22)/t11-,13+,16-,17+/m0/s1. The van der Waals surface area contributed by atoms with E-state index in [9.17, 15) is 25.7 Å². The lowest BCUT2D eigenvalue weighted by atomic mass is 9.48. The predicted octanol–water partition coefficient (Wildman–Crippen LogP) is 1.17. The van der Waals surface area contributed by atoms with E-state index in [0.29, 0.717) is 5.56 Å². The molecule has 2 N–H and O–H groups in total. The number of benzene rings is 1. The minimum Gasteiger partial charge on any atom is -0.371 e. The molecule has 0 unspecified atom stereocenters. The number of hydrogen-bond donors (Lipinski definition) is 2. The van der Waals surface area contributed by atoms with E-state index in [1.54, 1.807) is 30.3 Å². The second kappa shape index (κ2) is 4.56. The third kappa shape index (κ3) is 1.50. The van der Waals surface area contributed by atoms with Crippen molar-refractivity contribution in [2.24, 2.45) is 16.7 Å². The summed E-state index contributed by atoms with van der Waals surface area (Å²) in [6, 6.07) is 14.6. The Bertz CT molecular complexity index is 787. The van der Waals surface area contributed by atoms with Crippen molar-refractivity contribution in [2.45, 2.75) is 25.0 Å². The van der Waals surface area contributed by atoms with E-state index in [4.69, 9.17) is 0 Å². The van der Waals surface area contributed by atoms with Crippen LogP contribution in [0.25, 0.3) is 0 Å². The molecule has 0 spiro atoms. The van der Waals surface area contributed by atoms with E-state index in [-0.39, 0.29) is 6.42 Å². The molecule has 0 radical (unpaired) electrons. The van der Waals surface area contributed by atoms with Gasteiger partial charge in [0.15, 0.2) is 10.8 Å². The molecule has 2 aliphatic rings. The van der Waals surface area contributed by atoms with E-state index in [0.717, 1.165) is 0 Å². The Balaban J connectivity index is 2.34. The number of carbonyl (C=O) groups excluding carboxylic acids is 1. The van der Waals surface area contributed by atoms with Crippen molar-refractivity contribution >= 4 is 5.91 Å². The highest BCUT2D eigenvalue weighted by atomic mass is 16.3. The number of aliphatic hydroxyl groups is 1. The van der Waals surface area contributed by atoms with Crippen LogP contribution in [0.4, 0.5) is 0 Å². The van der Waals surface area contributed by atoms with Crippen LogP contribution in [0.3, 0.4) is 0 Å². The van der Waals surface area contributed by atoms with Crippen LogP contribution < -0.4 is 5.32 Å². The number of carbonyl (C=O) groups is 1. The normalized spacial score (nSPS) is 37.1. The van der Waals surface area contributed by atoms with Gasteiger partial charge in [-0.2, -0.15) is 15.8 Å². The monoisotopic (exact) mass is 306 g/mol. The van der Waals surface area contributed by atoms with Gasteiger partial charge in [-0.1, -0.05) is 37.3 Å². The molecule has 114 valence electrons. The highest BCUT2D eigenvalue weighted by Crippen LogP contribution is 2.64. The van der Waals surface area contributed by atoms with Crippen LogP contribution in [0.1, 0.15) is 24.8 Å². The molecular weight excluding hydrogens is 292 g/mol. The molecule has 3 rings (SSSR count). The van der Waals surface area contributed by atoms with Crippen LogP contribution in [0, 0.1) is 50.7 Å². The Morgan fingerprint density at radius 1 is 1.17 bits per heavy atom. The summed E-state index contributed by atoms with van der Waals surface area (Å²) in [6.07, 6.45) is 0.00840. The lowest BCUT2D eigenvalue weighted by Gasteiger charge is -2.48. The molecule has 0 aromatic heterocycles. The highest BCUT2D eigenvalue weighted by molar-refractivity contribution is 5.92. The van der Waals surface area contributed by atoms with Crippen LogP contribution in [-0.4, -0.2) is 16.7 Å². The summed E-state index contributed by atoms with van der Waals surface area (Å²) < 4.78 is 0. The molecule has 6 heteroatoms. The van der Waals surface area contributed by atoms with E-state index in [2.05, 4.69) is 5.32 Å². The van der Waals surface area contributed by atoms with Crippen LogP contribution in [-0.2, 0) is 4.79 Å². The predicted molar refractivity (Wildman–Crippen MR) is 77.8 cm³/mol. The van der Waals surface area contributed by atoms with Gasteiger partial charge in [-0.3, -0.25) is 4.79 Å². The lowest BCUT2D eigenvalue weighted by molar-refractivity contribution is -0.130. The van der Waals surface area contributed by atoms with Gasteiger partial charge in [0, 0.05) is 18.3 Å². The fourth-order valence-electron chi connectivity index (χ4n) is 4.09. The van der Waals surface area contributed by atoms with Crippen LogP contribution >= 0.6 is 0 Å². The smallest absolute Gasteiger partial charge is 0.245 e. The first-order valence-corrected chi connectivity index (χ1v) is 7.25. The first kappa shape index (κ1) is 15.0. The summed E-state index contributed by atoms with van der Waals surface area (Å²) in [5.41, 5.74) is -4.74. The third-order valence-electron chi connectivity index (χ3n) is 5.45. The molecule has 6 nitrogen and oxygen atoms in total. The van der Waals surface area contributed by atoms with E-state index in [1.807, 2.05) is 18.2 Å². The maximum absolute atomic E-state index is 12.5. The minimum atomic E-state index is -1.91. The van der Waals surface area contributed by atoms with Crippen molar-refractivity contribution in [3.05, 3.63) is 35.9 Å². The van der Waals surface area contributed by atoms with Gasteiger partial charge in [0.1, 0.15) is 5.72 Å². The highest BCUT2D eigenvalue weighted by Gasteiger charge is 2.77. The second-order valence-electron chi connectivity index (χ2n) is 6.22. The zero-order valence-corrected chi connectivity index (χ0v) is 12.4. The zero-order valence-electron chi connectivity index (χ0n) is 12.4. The first-order valence-electron chi connectivity index (χ1n) is 7.25. The summed E-state index contributed by atoms with van der Waals surface area (Å²) in [5, 5.41) is 42.7. The van der Waals surface area contributed by atoms with E-state index < -0.39 is 34.3 Å². The largest absolute Gasteiger partial charge is 0.371 e. The zero-order chi connectivity index (χ0) is 16.9. The molecule has 1 aliphatic heterocycles. The molecule has 1 saturated heterocycles. The first-order chi connectivity index (χ1) is 10.9. The fraction of sp³-hybridized carbons (Fsp3) is 0.412. The average molecular weight is 306 g/mol. The lowest BCUT2D eigenvalue weighted by Crippen LogP contribution is -2.57. The van der Waals surface area contributed by atoms with Crippen LogP contribution in [0.5, 0.6) is 0 Å². The molecule has 2 fully saturated rings. The van der Waals surface area contributed by atoms with Gasteiger partial charge >= 0.3 is 0 Å². The summed E-state index contributed by atoms with van der Waals surface area (Å²) in [7, 11) is 0. The van der Waals surface area contributed by atoms with Crippen LogP contribution in [0.2, 0.25) is 0 Å². The fourth-order valence-corrected chi connectivity index (χ4v) is 4.09. The number of nitriles is 3. The van der Waals surface area contributed by atoms with Crippen molar-refractivity contribution in [1.82, 2.24) is 5.32 Å². The number of amides is 1. The second-order valence-corrected chi connectivity index (χ2v) is 6.22. The third-order valence-corrected chi connectivity index (χ3v) is 5.45. The van der Waals surface area contributed by atoms with Gasteiger partial charge in [0.05, 0.1) is 18.2 Å². The molecule has 1 heterocycles. The maximum atomic E-state index is 12.5. The van der Waals surface area contributed by atoms with E-state index in [1.165, 1.54) is 6.92 Å². The summed E-state index contributed by atoms with van der Waals surface area (Å²) >= 11 is 0. The molecule has 1 aromatic carbocycles. The van der Waals surface area contributed by atoms with Gasteiger partial charge in [-0.25, -0.2) is 0 Å². The van der Waals surface area contributed by atoms with Crippen molar-refractivity contribution < 1.29 is 9.90 Å². The maximum Gasteiger partial charge on any atom is 0.245 e. The Labute approximate surface area is 133 Å². The Morgan fingerprint density at radius 3 is 2.30 bits per heavy atom.